The van der Waals surface area contributed by atoms with Crippen LogP contribution in [0.5, 0.6) is 0 Å². The molecule has 0 fully saturated rings. The van der Waals surface area contributed by atoms with Crippen LogP contribution in [0.1, 0.15) is 35.6 Å². The zero-order chi connectivity index (χ0) is 15.0. The molecule has 0 saturated carbocycles. The number of alkyl halides is 3. The SMILES string of the molecule is CNC(CCC(F)(F)F)c1ccc2c3c(cccc13)CC2. The molecule has 1 unspecified atom stereocenters. The van der Waals surface area contributed by atoms with Crippen LogP contribution in [0, 0.1) is 0 Å². The highest BCUT2D eigenvalue weighted by Gasteiger charge is 2.29. The Bertz CT molecular complexity index is 651. The highest BCUT2D eigenvalue weighted by Crippen LogP contribution is 2.36. The van der Waals surface area contributed by atoms with Gasteiger partial charge in [0.05, 0.1) is 0 Å². The second kappa shape index (κ2) is 5.34. The van der Waals surface area contributed by atoms with Gasteiger partial charge in [-0.05, 0) is 53.8 Å². The smallest absolute Gasteiger partial charge is 0.313 e. The Labute approximate surface area is 122 Å². The van der Waals surface area contributed by atoms with Gasteiger partial charge in [-0.2, -0.15) is 13.2 Å². The lowest BCUT2D eigenvalue weighted by Crippen LogP contribution is -2.20. The predicted octanol–water partition coefficient (Wildman–Crippen LogP) is 4.54. The Balaban J connectivity index is 2.00. The van der Waals surface area contributed by atoms with Gasteiger partial charge >= 0.3 is 6.18 Å². The monoisotopic (exact) mass is 293 g/mol. The van der Waals surface area contributed by atoms with E-state index in [2.05, 4.69) is 17.4 Å². The molecule has 0 amide bonds. The lowest BCUT2D eigenvalue weighted by atomic mass is 9.93. The van der Waals surface area contributed by atoms with Gasteiger partial charge in [0.2, 0.25) is 0 Å². The van der Waals surface area contributed by atoms with Gasteiger partial charge in [-0.15, -0.1) is 0 Å². The van der Waals surface area contributed by atoms with E-state index in [9.17, 15) is 13.2 Å². The van der Waals surface area contributed by atoms with E-state index >= 15 is 0 Å². The molecular weight excluding hydrogens is 275 g/mol. The molecule has 21 heavy (non-hydrogen) atoms. The fourth-order valence-corrected chi connectivity index (χ4v) is 3.34. The van der Waals surface area contributed by atoms with Crippen LogP contribution >= 0.6 is 0 Å². The second-order valence-electron chi connectivity index (χ2n) is 5.65. The summed E-state index contributed by atoms with van der Waals surface area (Å²) in [7, 11) is 1.73. The summed E-state index contributed by atoms with van der Waals surface area (Å²) in [5, 5.41) is 5.40. The van der Waals surface area contributed by atoms with Crippen molar-refractivity contribution in [2.24, 2.45) is 0 Å². The minimum atomic E-state index is -4.11. The third kappa shape index (κ3) is 2.77. The summed E-state index contributed by atoms with van der Waals surface area (Å²) in [5.74, 6) is 0. The molecular formula is C17H18F3N. The van der Waals surface area contributed by atoms with Crippen LogP contribution in [0.2, 0.25) is 0 Å². The summed E-state index contributed by atoms with van der Waals surface area (Å²) in [6.07, 6.45) is -2.74. The number of rotatable bonds is 4. The summed E-state index contributed by atoms with van der Waals surface area (Å²) < 4.78 is 37.5. The summed E-state index contributed by atoms with van der Waals surface area (Å²) in [5.41, 5.74) is 3.61. The molecule has 2 aromatic carbocycles. The van der Waals surface area contributed by atoms with E-state index < -0.39 is 12.6 Å². The molecule has 2 aromatic rings. The van der Waals surface area contributed by atoms with Crippen LogP contribution in [0.15, 0.2) is 30.3 Å². The molecule has 112 valence electrons. The van der Waals surface area contributed by atoms with Crippen LogP contribution in [0.4, 0.5) is 13.2 Å². The van der Waals surface area contributed by atoms with Crippen molar-refractivity contribution in [3.8, 4) is 0 Å². The van der Waals surface area contributed by atoms with E-state index in [0.717, 1.165) is 23.8 Å². The van der Waals surface area contributed by atoms with E-state index in [-0.39, 0.29) is 12.5 Å². The van der Waals surface area contributed by atoms with Crippen LogP contribution in [-0.2, 0) is 12.8 Å². The normalized spacial score (nSPS) is 15.6. The quantitative estimate of drug-likeness (QED) is 0.872. The van der Waals surface area contributed by atoms with Gasteiger partial charge in [0.25, 0.3) is 0 Å². The maximum Gasteiger partial charge on any atom is 0.389 e. The van der Waals surface area contributed by atoms with Crippen LogP contribution < -0.4 is 5.32 Å². The van der Waals surface area contributed by atoms with Gasteiger partial charge in [0, 0.05) is 12.5 Å². The molecule has 0 heterocycles. The fourth-order valence-electron chi connectivity index (χ4n) is 3.34. The Kier molecular flexibility index (Phi) is 3.66. The zero-order valence-electron chi connectivity index (χ0n) is 11.9. The number of aryl methyl sites for hydroxylation is 2. The number of hydrogen-bond acceptors (Lipinski definition) is 1. The topological polar surface area (TPSA) is 12.0 Å². The first-order valence-electron chi connectivity index (χ1n) is 7.27. The number of nitrogens with one attached hydrogen (secondary N) is 1. The van der Waals surface area contributed by atoms with Gasteiger partial charge < -0.3 is 5.32 Å². The predicted molar refractivity (Wildman–Crippen MR) is 78.4 cm³/mol. The van der Waals surface area contributed by atoms with E-state index in [1.165, 1.54) is 16.5 Å². The first kappa shape index (κ1) is 14.4. The highest BCUT2D eigenvalue weighted by atomic mass is 19.4. The molecule has 1 aliphatic rings. The molecule has 1 nitrogen and oxygen atoms in total. The summed E-state index contributed by atoms with van der Waals surface area (Å²) in [4.78, 5) is 0. The molecule has 1 N–H and O–H groups in total. The summed E-state index contributed by atoms with van der Waals surface area (Å²) in [6.45, 7) is 0. The van der Waals surface area contributed by atoms with Crippen molar-refractivity contribution in [2.45, 2.75) is 37.9 Å². The van der Waals surface area contributed by atoms with E-state index in [0.29, 0.717) is 0 Å². The molecule has 0 aliphatic heterocycles. The number of halogens is 3. The molecule has 0 bridgehead atoms. The number of hydrogen-bond donors (Lipinski definition) is 1. The largest absolute Gasteiger partial charge is 0.389 e. The lowest BCUT2D eigenvalue weighted by molar-refractivity contribution is -0.136. The van der Waals surface area contributed by atoms with Crippen LogP contribution in [0.25, 0.3) is 10.8 Å². The third-order valence-corrected chi connectivity index (χ3v) is 4.35. The maximum absolute atomic E-state index is 12.5. The maximum atomic E-state index is 12.5. The van der Waals surface area contributed by atoms with Crippen LogP contribution in [0.3, 0.4) is 0 Å². The fraction of sp³-hybridized carbons (Fsp3) is 0.412. The summed E-state index contributed by atoms with van der Waals surface area (Å²) >= 11 is 0. The third-order valence-electron chi connectivity index (χ3n) is 4.35. The first-order chi connectivity index (χ1) is 9.99. The van der Waals surface area contributed by atoms with Crippen molar-refractivity contribution in [1.29, 1.82) is 0 Å². The highest BCUT2D eigenvalue weighted by molar-refractivity contribution is 5.93. The van der Waals surface area contributed by atoms with Gasteiger partial charge in [0.15, 0.2) is 0 Å². The molecule has 1 atom stereocenters. The van der Waals surface area contributed by atoms with Gasteiger partial charge in [-0.3, -0.25) is 0 Å². The average Bonchev–Trinajstić information content (AvgIpc) is 2.86. The van der Waals surface area contributed by atoms with Crippen LogP contribution in [-0.4, -0.2) is 13.2 Å². The van der Waals surface area contributed by atoms with Gasteiger partial charge in [-0.1, -0.05) is 30.3 Å². The van der Waals surface area contributed by atoms with Crippen molar-refractivity contribution in [2.75, 3.05) is 7.05 Å². The minimum Gasteiger partial charge on any atom is -0.313 e. The Morgan fingerprint density at radius 3 is 2.48 bits per heavy atom. The van der Waals surface area contributed by atoms with Crippen molar-refractivity contribution in [1.82, 2.24) is 5.32 Å². The average molecular weight is 293 g/mol. The molecule has 4 heteroatoms. The zero-order valence-corrected chi connectivity index (χ0v) is 11.9. The first-order valence-corrected chi connectivity index (χ1v) is 7.27. The lowest BCUT2D eigenvalue weighted by Gasteiger charge is -2.20. The van der Waals surface area contributed by atoms with Gasteiger partial charge in [0.1, 0.15) is 0 Å². The molecule has 0 aromatic heterocycles. The van der Waals surface area contributed by atoms with Gasteiger partial charge in [-0.25, -0.2) is 0 Å². The van der Waals surface area contributed by atoms with E-state index in [1.54, 1.807) is 7.05 Å². The molecule has 1 aliphatic carbocycles. The number of benzene rings is 2. The standard InChI is InChI=1S/C17H18F3N/c1-21-15(9-10-17(18,19)20)13-8-7-12-6-5-11-3-2-4-14(13)16(11)12/h2-4,7-8,15,21H,5-6,9-10H2,1H3. The molecule has 0 spiro atoms. The van der Waals surface area contributed by atoms with Crippen molar-refractivity contribution in [3.63, 3.8) is 0 Å². The Morgan fingerprint density at radius 2 is 1.81 bits per heavy atom. The van der Waals surface area contributed by atoms with E-state index in [4.69, 9.17) is 0 Å². The molecule has 0 radical (unpaired) electrons. The summed E-state index contributed by atoms with van der Waals surface area (Å²) in [6, 6.07) is 9.95. The minimum absolute atomic E-state index is 0.0681. The second-order valence-corrected chi connectivity index (χ2v) is 5.65. The van der Waals surface area contributed by atoms with Crippen molar-refractivity contribution < 1.29 is 13.2 Å². The molecule has 3 rings (SSSR count). The van der Waals surface area contributed by atoms with E-state index in [1.807, 2.05) is 18.2 Å². The Hall–Kier alpha value is -1.55. The van der Waals surface area contributed by atoms with Crippen molar-refractivity contribution >= 4 is 10.8 Å². The molecule has 0 saturated heterocycles. The van der Waals surface area contributed by atoms with Crippen molar-refractivity contribution in [3.05, 3.63) is 47.0 Å². The Morgan fingerprint density at radius 1 is 1.10 bits per heavy atom.